The van der Waals surface area contributed by atoms with E-state index in [1.54, 1.807) is 4.90 Å². The van der Waals surface area contributed by atoms with Crippen molar-refractivity contribution in [3.63, 3.8) is 0 Å². The van der Waals surface area contributed by atoms with Gasteiger partial charge in [0.05, 0.1) is 12.0 Å². The van der Waals surface area contributed by atoms with Gasteiger partial charge in [-0.2, -0.15) is 5.26 Å². The lowest BCUT2D eigenvalue weighted by Crippen LogP contribution is -2.46. The Morgan fingerprint density at radius 2 is 2.06 bits per heavy atom. The van der Waals surface area contributed by atoms with E-state index in [1.165, 1.54) is 0 Å². The predicted molar refractivity (Wildman–Crippen MR) is 69.9 cm³/mol. The molecule has 1 aliphatic rings. The molecule has 0 N–H and O–H groups in total. The van der Waals surface area contributed by atoms with Crippen LogP contribution in [0.25, 0.3) is 0 Å². The van der Waals surface area contributed by atoms with E-state index >= 15 is 0 Å². The number of hydrogen-bond donors (Lipinski definition) is 0. The van der Waals surface area contributed by atoms with Crippen LogP contribution in [0.5, 0.6) is 0 Å². The van der Waals surface area contributed by atoms with E-state index in [0.29, 0.717) is 24.9 Å². The molecule has 0 aliphatic carbocycles. The number of likely N-dealkylation sites (tertiary alicyclic amines) is 1. The van der Waals surface area contributed by atoms with Crippen molar-refractivity contribution in [1.82, 2.24) is 4.90 Å². The van der Waals surface area contributed by atoms with Crippen LogP contribution in [0.4, 0.5) is 4.79 Å². The molecule has 2 atom stereocenters. The molecule has 2 unspecified atom stereocenters. The van der Waals surface area contributed by atoms with Crippen LogP contribution in [-0.2, 0) is 4.74 Å². The molecule has 4 heteroatoms. The molecule has 102 valence electrons. The molecule has 0 aromatic carbocycles. The number of carbonyl (C=O) groups is 1. The lowest BCUT2D eigenvalue weighted by atomic mass is 9.79. The fourth-order valence-electron chi connectivity index (χ4n) is 2.40. The summed E-state index contributed by atoms with van der Waals surface area (Å²) in [6, 6.07) is 2.33. The molecule has 1 saturated heterocycles. The molecule has 0 aromatic heterocycles. The highest BCUT2D eigenvalue weighted by molar-refractivity contribution is 5.68. The van der Waals surface area contributed by atoms with Gasteiger partial charge in [-0.1, -0.05) is 13.8 Å². The van der Waals surface area contributed by atoms with E-state index < -0.39 is 5.60 Å². The van der Waals surface area contributed by atoms with E-state index in [9.17, 15) is 10.1 Å². The molecule has 0 aromatic rings. The average molecular weight is 252 g/mol. The number of nitriles is 1. The van der Waals surface area contributed by atoms with Gasteiger partial charge in [0.15, 0.2) is 0 Å². The third-order valence-corrected chi connectivity index (χ3v) is 3.34. The van der Waals surface area contributed by atoms with E-state index in [-0.39, 0.29) is 12.0 Å². The van der Waals surface area contributed by atoms with E-state index in [1.807, 2.05) is 20.8 Å². The van der Waals surface area contributed by atoms with Crippen LogP contribution in [0.2, 0.25) is 0 Å². The Labute approximate surface area is 110 Å². The molecule has 1 rings (SSSR count). The molecule has 1 aliphatic heterocycles. The quantitative estimate of drug-likeness (QED) is 0.720. The highest BCUT2D eigenvalue weighted by atomic mass is 16.6. The third-order valence-electron chi connectivity index (χ3n) is 3.34. The van der Waals surface area contributed by atoms with Crippen LogP contribution in [-0.4, -0.2) is 29.7 Å². The number of rotatable bonds is 1. The number of hydrogen-bond acceptors (Lipinski definition) is 3. The Hall–Kier alpha value is -1.24. The number of carbonyl (C=O) groups excluding carboxylic acids is 1. The summed E-state index contributed by atoms with van der Waals surface area (Å²) in [5.41, 5.74) is -0.478. The van der Waals surface area contributed by atoms with Crippen molar-refractivity contribution in [3.05, 3.63) is 0 Å². The smallest absolute Gasteiger partial charge is 0.410 e. The van der Waals surface area contributed by atoms with E-state index in [0.717, 1.165) is 6.42 Å². The number of piperidine rings is 1. The highest BCUT2D eigenvalue weighted by Gasteiger charge is 2.34. The summed E-state index contributed by atoms with van der Waals surface area (Å²) >= 11 is 0. The summed E-state index contributed by atoms with van der Waals surface area (Å²) in [6.07, 6.45) is 0.583. The van der Waals surface area contributed by atoms with E-state index in [2.05, 4.69) is 19.9 Å². The first-order chi connectivity index (χ1) is 8.24. The largest absolute Gasteiger partial charge is 0.444 e. The second-order valence-corrected chi connectivity index (χ2v) is 6.36. The zero-order chi connectivity index (χ0) is 13.9. The van der Waals surface area contributed by atoms with Gasteiger partial charge in [0.2, 0.25) is 0 Å². The maximum Gasteiger partial charge on any atom is 0.410 e. The lowest BCUT2D eigenvalue weighted by molar-refractivity contribution is 0.0114. The van der Waals surface area contributed by atoms with Gasteiger partial charge in [-0.15, -0.1) is 0 Å². The van der Waals surface area contributed by atoms with E-state index in [4.69, 9.17) is 4.74 Å². The highest BCUT2D eigenvalue weighted by Crippen LogP contribution is 2.30. The van der Waals surface area contributed by atoms with Crippen LogP contribution >= 0.6 is 0 Å². The normalized spacial score (nSPS) is 24.8. The zero-order valence-corrected chi connectivity index (χ0v) is 12.1. The number of nitrogens with zero attached hydrogens (tertiary/aromatic N) is 2. The minimum atomic E-state index is -0.478. The van der Waals surface area contributed by atoms with Gasteiger partial charge >= 0.3 is 6.09 Å². The summed E-state index contributed by atoms with van der Waals surface area (Å²) in [7, 11) is 0. The van der Waals surface area contributed by atoms with Gasteiger partial charge in [0.25, 0.3) is 0 Å². The molecule has 0 bridgehead atoms. The van der Waals surface area contributed by atoms with Crippen molar-refractivity contribution in [1.29, 1.82) is 5.26 Å². The van der Waals surface area contributed by atoms with Gasteiger partial charge in [0.1, 0.15) is 5.60 Å². The second kappa shape index (κ2) is 5.60. The van der Waals surface area contributed by atoms with Crippen molar-refractivity contribution in [2.75, 3.05) is 13.1 Å². The molecule has 1 heterocycles. The fraction of sp³-hybridized carbons (Fsp3) is 0.857. The molecule has 1 fully saturated rings. The van der Waals surface area contributed by atoms with Gasteiger partial charge in [-0.3, -0.25) is 0 Å². The van der Waals surface area contributed by atoms with Crippen LogP contribution in [0, 0.1) is 29.1 Å². The summed E-state index contributed by atoms with van der Waals surface area (Å²) in [5, 5.41) is 9.21. The summed E-state index contributed by atoms with van der Waals surface area (Å²) < 4.78 is 5.34. The first-order valence-corrected chi connectivity index (χ1v) is 6.62. The van der Waals surface area contributed by atoms with Crippen molar-refractivity contribution < 1.29 is 9.53 Å². The number of ether oxygens (including phenoxy) is 1. The Bertz CT molecular complexity index is 339. The third kappa shape index (κ3) is 3.90. The van der Waals surface area contributed by atoms with Crippen molar-refractivity contribution in [2.45, 2.75) is 46.6 Å². The standard InChI is InChI=1S/C14H24N2O2/c1-10(2)12-6-7-16(9-11(12)8-15)13(17)18-14(3,4)5/h10-12H,6-7,9H2,1-5H3. The van der Waals surface area contributed by atoms with Crippen molar-refractivity contribution >= 4 is 6.09 Å². The van der Waals surface area contributed by atoms with Gasteiger partial charge < -0.3 is 9.64 Å². The maximum absolute atomic E-state index is 11.9. The molecule has 18 heavy (non-hydrogen) atoms. The average Bonchev–Trinajstić information content (AvgIpc) is 2.25. The summed E-state index contributed by atoms with van der Waals surface area (Å²) in [4.78, 5) is 13.6. The maximum atomic E-state index is 11.9. The molecule has 0 radical (unpaired) electrons. The monoisotopic (exact) mass is 252 g/mol. The van der Waals surface area contributed by atoms with Crippen LogP contribution in [0.15, 0.2) is 0 Å². The fourth-order valence-corrected chi connectivity index (χ4v) is 2.40. The zero-order valence-electron chi connectivity index (χ0n) is 12.1. The minimum Gasteiger partial charge on any atom is -0.444 e. The first kappa shape index (κ1) is 14.8. The van der Waals surface area contributed by atoms with Gasteiger partial charge in [-0.25, -0.2) is 4.79 Å². The predicted octanol–water partition coefficient (Wildman–Crippen LogP) is 3.04. The Morgan fingerprint density at radius 1 is 1.44 bits per heavy atom. The number of amides is 1. The molecule has 1 amide bonds. The Balaban J connectivity index is 2.63. The molecular formula is C14H24N2O2. The molecule has 4 nitrogen and oxygen atoms in total. The van der Waals surface area contributed by atoms with Gasteiger partial charge in [0, 0.05) is 13.1 Å². The van der Waals surface area contributed by atoms with Crippen molar-refractivity contribution in [3.8, 4) is 6.07 Å². The Kier molecular flexibility index (Phi) is 4.61. The van der Waals surface area contributed by atoms with Crippen LogP contribution in [0.1, 0.15) is 41.0 Å². The first-order valence-electron chi connectivity index (χ1n) is 6.62. The second-order valence-electron chi connectivity index (χ2n) is 6.36. The van der Waals surface area contributed by atoms with Crippen LogP contribution in [0.3, 0.4) is 0 Å². The molecule has 0 saturated carbocycles. The van der Waals surface area contributed by atoms with Crippen LogP contribution < -0.4 is 0 Å². The topological polar surface area (TPSA) is 53.3 Å². The van der Waals surface area contributed by atoms with Gasteiger partial charge in [-0.05, 0) is 39.0 Å². The minimum absolute atomic E-state index is 0.0775. The molecule has 0 spiro atoms. The summed E-state index contributed by atoms with van der Waals surface area (Å²) in [5.74, 6) is 0.787. The molecular weight excluding hydrogens is 228 g/mol. The lowest BCUT2D eigenvalue weighted by Gasteiger charge is -2.37. The Morgan fingerprint density at radius 3 is 2.50 bits per heavy atom. The summed E-state index contributed by atoms with van der Waals surface area (Å²) in [6.45, 7) is 11.0. The van der Waals surface area contributed by atoms with Crippen molar-refractivity contribution in [2.24, 2.45) is 17.8 Å². The SMILES string of the molecule is CC(C)C1CCN(C(=O)OC(C)(C)C)CC1C#N.